The van der Waals surface area contributed by atoms with Crippen LogP contribution in [-0.4, -0.2) is 0 Å². The highest BCUT2D eigenvalue weighted by Gasteiger charge is 1.96. The third-order valence-corrected chi connectivity index (χ3v) is 2.37. The molecule has 0 saturated carbocycles. The first-order valence-electron chi connectivity index (χ1n) is 4.43. The smallest absolute Gasteiger partial charge is 0.127 e. The number of hydrogen-bond acceptors (Lipinski definition) is 1. The van der Waals surface area contributed by atoms with Gasteiger partial charge in [-0.3, -0.25) is 0 Å². The summed E-state index contributed by atoms with van der Waals surface area (Å²) >= 11 is 11.5. The lowest BCUT2D eigenvalue weighted by Crippen LogP contribution is -1.82. The Morgan fingerprint density at radius 3 is 1.25 bits per heavy atom. The number of rotatable bonds is 2. The molecule has 0 heterocycles. The highest BCUT2D eigenvalue weighted by Crippen LogP contribution is 2.24. The Labute approximate surface area is 108 Å². The minimum atomic E-state index is 0. The molecule has 0 bridgehead atoms. The quantitative estimate of drug-likeness (QED) is 0.641. The summed E-state index contributed by atoms with van der Waals surface area (Å²) in [5, 5.41) is 1.39. The highest BCUT2D eigenvalue weighted by molar-refractivity contribution is 6.92. The molecule has 2 aromatic carbocycles. The van der Waals surface area contributed by atoms with Crippen molar-refractivity contribution in [3.63, 3.8) is 0 Å². The maximum atomic E-state index is 5.76. The maximum Gasteiger partial charge on any atom is 0.127 e. The van der Waals surface area contributed by atoms with Crippen molar-refractivity contribution in [3.05, 3.63) is 58.6 Å². The van der Waals surface area contributed by atoms with E-state index >= 15 is 0 Å². The van der Waals surface area contributed by atoms with E-state index in [9.17, 15) is 0 Å². The Kier molecular flexibility index (Phi) is 5.08. The van der Waals surface area contributed by atoms with Gasteiger partial charge in [0.25, 0.3) is 0 Å². The van der Waals surface area contributed by atoms with Crippen molar-refractivity contribution in [1.29, 1.82) is 0 Å². The zero-order valence-electron chi connectivity index (χ0n) is 8.23. The van der Waals surface area contributed by atoms with Gasteiger partial charge in [-0.05, 0) is 48.5 Å². The van der Waals surface area contributed by atoms with E-state index in [4.69, 9.17) is 27.9 Å². The normalized spacial score (nSPS) is 9.38. The van der Waals surface area contributed by atoms with Gasteiger partial charge in [-0.25, -0.2) is 0 Å². The van der Waals surface area contributed by atoms with Crippen molar-refractivity contribution in [3.8, 4) is 11.5 Å². The van der Waals surface area contributed by atoms with Crippen molar-refractivity contribution in [2.75, 3.05) is 0 Å². The van der Waals surface area contributed by atoms with E-state index in [1.807, 2.05) is 24.3 Å². The molecule has 0 spiro atoms. The number of ether oxygens (including phenoxy) is 1. The molecule has 0 aliphatic carbocycles. The van der Waals surface area contributed by atoms with Crippen molar-refractivity contribution >= 4 is 33.1 Å². The molecule has 0 unspecified atom stereocenters. The summed E-state index contributed by atoms with van der Waals surface area (Å²) < 4.78 is 5.57. The molecule has 81 valence electrons. The van der Waals surface area contributed by atoms with Gasteiger partial charge in [0.15, 0.2) is 0 Å². The maximum absolute atomic E-state index is 5.76. The fraction of sp³-hybridized carbons (Fsp3) is 0. The van der Waals surface area contributed by atoms with E-state index in [-0.39, 0.29) is 9.90 Å². The van der Waals surface area contributed by atoms with Crippen molar-refractivity contribution in [2.45, 2.75) is 0 Å². The predicted octanol–water partition coefficient (Wildman–Crippen LogP) is 5.65. The molecule has 16 heavy (non-hydrogen) atoms. The molecule has 0 atom stereocenters. The van der Waals surface area contributed by atoms with E-state index in [1.165, 1.54) is 0 Å². The van der Waals surface area contributed by atoms with E-state index in [0.717, 1.165) is 11.5 Å². The van der Waals surface area contributed by atoms with Gasteiger partial charge in [0.2, 0.25) is 0 Å². The van der Waals surface area contributed by atoms with E-state index in [0.29, 0.717) is 10.0 Å². The summed E-state index contributed by atoms with van der Waals surface area (Å²) in [7, 11) is 0. The van der Waals surface area contributed by atoms with Crippen LogP contribution in [0.15, 0.2) is 48.5 Å². The SMILES string of the molecule is Clc1ccc(Oc2ccc(Cl)cc2)cc1.[P]. The van der Waals surface area contributed by atoms with Gasteiger partial charge in [0, 0.05) is 19.9 Å². The van der Waals surface area contributed by atoms with Crippen LogP contribution in [0.2, 0.25) is 10.0 Å². The van der Waals surface area contributed by atoms with Crippen LogP contribution in [0.3, 0.4) is 0 Å². The molecular formula is C12H8Cl2OP. The van der Waals surface area contributed by atoms with Crippen molar-refractivity contribution < 1.29 is 4.74 Å². The molecule has 0 N–H and O–H groups in total. The second-order valence-corrected chi connectivity index (χ2v) is 3.88. The molecule has 0 aromatic heterocycles. The molecule has 4 heteroatoms. The van der Waals surface area contributed by atoms with Gasteiger partial charge in [0.1, 0.15) is 11.5 Å². The van der Waals surface area contributed by atoms with Crippen molar-refractivity contribution in [2.24, 2.45) is 0 Å². The van der Waals surface area contributed by atoms with Gasteiger partial charge in [0.05, 0.1) is 0 Å². The molecule has 0 amide bonds. The first-order valence-corrected chi connectivity index (χ1v) is 5.18. The van der Waals surface area contributed by atoms with Gasteiger partial charge < -0.3 is 4.74 Å². The Balaban J connectivity index is 0.00000128. The van der Waals surface area contributed by atoms with Gasteiger partial charge in [-0.2, -0.15) is 0 Å². The second kappa shape index (κ2) is 6.10. The molecule has 2 rings (SSSR count). The minimum absolute atomic E-state index is 0. The summed E-state index contributed by atoms with van der Waals surface area (Å²) in [5.74, 6) is 1.50. The summed E-state index contributed by atoms with van der Waals surface area (Å²) in [5.41, 5.74) is 0. The van der Waals surface area contributed by atoms with E-state index in [1.54, 1.807) is 24.3 Å². The zero-order valence-corrected chi connectivity index (χ0v) is 10.6. The van der Waals surface area contributed by atoms with Crippen LogP contribution in [-0.2, 0) is 0 Å². The number of hydrogen-bond donors (Lipinski definition) is 0. The van der Waals surface area contributed by atoms with Gasteiger partial charge >= 0.3 is 0 Å². The Bertz CT molecular complexity index is 396. The topological polar surface area (TPSA) is 9.23 Å². The molecule has 3 radical (unpaired) electrons. The third-order valence-electron chi connectivity index (χ3n) is 1.86. The molecule has 0 aliphatic heterocycles. The van der Waals surface area contributed by atoms with Crippen LogP contribution in [0.4, 0.5) is 0 Å². The first kappa shape index (κ1) is 13.3. The van der Waals surface area contributed by atoms with Crippen LogP contribution in [0.1, 0.15) is 0 Å². The standard InChI is InChI=1S/C12H8Cl2O.P/c13-9-1-5-11(6-2-9)15-12-7-3-10(14)4-8-12;/h1-8H;. The molecule has 0 aliphatic rings. The fourth-order valence-corrected chi connectivity index (χ4v) is 1.39. The number of benzene rings is 2. The second-order valence-electron chi connectivity index (χ2n) is 3.01. The monoisotopic (exact) mass is 269 g/mol. The minimum Gasteiger partial charge on any atom is -0.457 e. The van der Waals surface area contributed by atoms with Crippen LogP contribution >= 0.6 is 33.1 Å². The molecule has 2 aromatic rings. The van der Waals surface area contributed by atoms with Crippen LogP contribution in [0.25, 0.3) is 0 Å². The summed E-state index contributed by atoms with van der Waals surface area (Å²) in [4.78, 5) is 0. The third kappa shape index (κ3) is 3.68. The lowest BCUT2D eigenvalue weighted by molar-refractivity contribution is 0.483. The molecular weight excluding hydrogens is 262 g/mol. The predicted molar refractivity (Wildman–Crippen MR) is 69.9 cm³/mol. The zero-order chi connectivity index (χ0) is 10.7. The van der Waals surface area contributed by atoms with Crippen LogP contribution < -0.4 is 4.74 Å². The molecule has 1 nitrogen and oxygen atoms in total. The molecule has 0 fully saturated rings. The van der Waals surface area contributed by atoms with E-state index < -0.39 is 0 Å². The average molecular weight is 270 g/mol. The fourth-order valence-electron chi connectivity index (χ4n) is 1.14. The largest absolute Gasteiger partial charge is 0.457 e. The van der Waals surface area contributed by atoms with Crippen molar-refractivity contribution in [1.82, 2.24) is 0 Å². The summed E-state index contributed by atoms with van der Waals surface area (Å²) in [6, 6.07) is 14.4. The summed E-state index contributed by atoms with van der Waals surface area (Å²) in [6.45, 7) is 0. The van der Waals surface area contributed by atoms with Gasteiger partial charge in [-0.1, -0.05) is 23.2 Å². The Morgan fingerprint density at radius 1 is 0.625 bits per heavy atom. The lowest BCUT2D eigenvalue weighted by Gasteiger charge is -2.05. The Morgan fingerprint density at radius 2 is 0.938 bits per heavy atom. The Hall–Kier alpha value is -0.750. The van der Waals surface area contributed by atoms with E-state index in [2.05, 4.69) is 0 Å². The lowest BCUT2D eigenvalue weighted by atomic mass is 10.3. The van der Waals surface area contributed by atoms with Crippen LogP contribution in [0, 0.1) is 0 Å². The average Bonchev–Trinajstić information content (AvgIpc) is 2.25. The summed E-state index contributed by atoms with van der Waals surface area (Å²) in [6.07, 6.45) is 0. The van der Waals surface area contributed by atoms with Crippen LogP contribution in [0.5, 0.6) is 11.5 Å². The van der Waals surface area contributed by atoms with Gasteiger partial charge in [-0.15, -0.1) is 0 Å². The first-order chi connectivity index (χ1) is 7.24. The molecule has 0 saturated heterocycles. The highest BCUT2D eigenvalue weighted by atomic mass is 35.5. The number of halogens is 2.